The second-order valence-corrected chi connectivity index (χ2v) is 4.78. The summed E-state index contributed by atoms with van der Waals surface area (Å²) in [5.41, 5.74) is 0.537. The highest BCUT2D eigenvalue weighted by atomic mass is 16.6. The van der Waals surface area contributed by atoms with Crippen LogP contribution >= 0.6 is 0 Å². The van der Waals surface area contributed by atoms with Crippen molar-refractivity contribution in [2.24, 2.45) is 0 Å². The molecule has 1 amide bonds. The highest BCUT2D eigenvalue weighted by Gasteiger charge is 2.19. The number of hydrogen-bond acceptors (Lipinski definition) is 5. The summed E-state index contributed by atoms with van der Waals surface area (Å²) in [4.78, 5) is 23.0. The molecule has 0 fully saturated rings. The quantitative estimate of drug-likeness (QED) is 0.642. The van der Waals surface area contributed by atoms with Gasteiger partial charge in [0.05, 0.1) is 12.3 Å². The van der Waals surface area contributed by atoms with E-state index in [0.29, 0.717) is 23.8 Å². The topological polar surface area (TPSA) is 73.9 Å². The standard InChI is InChI=1S/C15H19NO5/c1-3-4-7-19-15(18)10(2)21-11-5-6-13-12(8-11)16-14(17)9-20-13/h5-6,8,10H,3-4,7,9H2,1-2H3,(H,16,17). The molecule has 1 aromatic carbocycles. The summed E-state index contributed by atoms with van der Waals surface area (Å²) in [6.07, 6.45) is 1.09. The Kier molecular flexibility index (Phi) is 5.03. The van der Waals surface area contributed by atoms with Crippen molar-refractivity contribution in [1.82, 2.24) is 0 Å². The van der Waals surface area contributed by atoms with Crippen molar-refractivity contribution < 1.29 is 23.8 Å². The molecule has 1 unspecified atom stereocenters. The van der Waals surface area contributed by atoms with E-state index in [2.05, 4.69) is 5.32 Å². The zero-order valence-electron chi connectivity index (χ0n) is 12.2. The van der Waals surface area contributed by atoms with Crippen LogP contribution in [0.2, 0.25) is 0 Å². The number of ether oxygens (including phenoxy) is 3. The fourth-order valence-electron chi connectivity index (χ4n) is 1.82. The number of rotatable bonds is 6. The van der Waals surface area contributed by atoms with E-state index in [1.165, 1.54) is 0 Å². The van der Waals surface area contributed by atoms with Gasteiger partial charge in [-0.1, -0.05) is 13.3 Å². The molecule has 0 spiro atoms. The summed E-state index contributed by atoms with van der Waals surface area (Å²) in [5, 5.41) is 2.68. The van der Waals surface area contributed by atoms with Gasteiger partial charge >= 0.3 is 5.97 Å². The lowest BCUT2D eigenvalue weighted by Crippen LogP contribution is -2.27. The summed E-state index contributed by atoms with van der Waals surface area (Å²) in [5.74, 6) is 0.438. The van der Waals surface area contributed by atoms with Gasteiger partial charge in [0.25, 0.3) is 5.91 Å². The van der Waals surface area contributed by atoms with Crippen LogP contribution in [0.15, 0.2) is 18.2 Å². The first-order chi connectivity index (χ1) is 10.1. The highest BCUT2D eigenvalue weighted by molar-refractivity contribution is 5.95. The largest absolute Gasteiger partial charge is 0.482 e. The molecule has 1 aromatic rings. The van der Waals surface area contributed by atoms with Crippen LogP contribution in [0.5, 0.6) is 11.5 Å². The fourth-order valence-corrected chi connectivity index (χ4v) is 1.82. The third-order valence-corrected chi connectivity index (χ3v) is 2.97. The summed E-state index contributed by atoms with van der Waals surface area (Å²) in [7, 11) is 0. The molecule has 1 aliphatic heterocycles. The molecule has 1 heterocycles. The van der Waals surface area contributed by atoms with Gasteiger partial charge in [-0.2, -0.15) is 0 Å². The van der Waals surface area contributed by atoms with Crippen LogP contribution in [0.25, 0.3) is 0 Å². The Hall–Kier alpha value is -2.24. The molecule has 2 rings (SSSR count). The summed E-state index contributed by atoms with van der Waals surface area (Å²) in [6, 6.07) is 5.01. The van der Waals surface area contributed by atoms with E-state index in [0.717, 1.165) is 12.8 Å². The van der Waals surface area contributed by atoms with Gasteiger partial charge in [-0.25, -0.2) is 4.79 Å². The monoisotopic (exact) mass is 293 g/mol. The maximum Gasteiger partial charge on any atom is 0.347 e. The molecule has 0 aliphatic carbocycles. The molecule has 1 aliphatic rings. The summed E-state index contributed by atoms with van der Waals surface area (Å²) >= 11 is 0. The average Bonchev–Trinajstić information content (AvgIpc) is 2.46. The predicted molar refractivity (Wildman–Crippen MR) is 76.5 cm³/mol. The van der Waals surface area contributed by atoms with E-state index in [1.807, 2.05) is 6.92 Å². The van der Waals surface area contributed by atoms with Gasteiger partial charge in [-0.3, -0.25) is 4.79 Å². The Bertz CT molecular complexity index is 529. The molecule has 6 heteroatoms. The van der Waals surface area contributed by atoms with Gasteiger partial charge < -0.3 is 19.5 Å². The smallest absolute Gasteiger partial charge is 0.347 e. The van der Waals surface area contributed by atoms with Crippen molar-refractivity contribution in [1.29, 1.82) is 0 Å². The lowest BCUT2D eigenvalue weighted by Gasteiger charge is -2.19. The van der Waals surface area contributed by atoms with Crippen molar-refractivity contribution in [2.75, 3.05) is 18.5 Å². The third-order valence-electron chi connectivity index (χ3n) is 2.97. The molecule has 0 saturated carbocycles. The number of amides is 1. The number of anilines is 1. The van der Waals surface area contributed by atoms with Gasteiger partial charge in [-0.15, -0.1) is 0 Å². The van der Waals surface area contributed by atoms with E-state index in [-0.39, 0.29) is 12.5 Å². The molecular formula is C15H19NO5. The van der Waals surface area contributed by atoms with Gasteiger partial charge in [0.15, 0.2) is 12.7 Å². The number of unbranched alkanes of at least 4 members (excludes halogenated alkanes) is 1. The van der Waals surface area contributed by atoms with E-state index < -0.39 is 12.1 Å². The van der Waals surface area contributed by atoms with Crippen LogP contribution in [0, 0.1) is 0 Å². The third kappa shape index (κ3) is 4.11. The lowest BCUT2D eigenvalue weighted by atomic mass is 10.2. The first-order valence-corrected chi connectivity index (χ1v) is 7.00. The van der Waals surface area contributed by atoms with Crippen molar-refractivity contribution in [3.05, 3.63) is 18.2 Å². The summed E-state index contributed by atoms with van der Waals surface area (Å²) < 4.78 is 15.9. The van der Waals surface area contributed by atoms with Crippen molar-refractivity contribution in [2.45, 2.75) is 32.8 Å². The van der Waals surface area contributed by atoms with Gasteiger partial charge in [0.1, 0.15) is 11.5 Å². The first-order valence-electron chi connectivity index (χ1n) is 7.00. The number of benzene rings is 1. The molecule has 114 valence electrons. The minimum absolute atomic E-state index is 0.00730. The fraction of sp³-hybridized carbons (Fsp3) is 0.467. The molecule has 0 saturated heterocycles. The number of hydrogen-bond donors (Lipinski definition) is 1. The SMILES string of the molecule is CCCCOC(=O)C(C)Oc1ccc2c(c1)NC(=O)CO2. The van der Waals surface area contributed by atoms with Crippen molar-refractivity contribution >= 4 is 17.6 Å². The van der Waals surface area contributed by atoms with Gasteiger partial charge in [-0.05, 0) is 25.5 Å². The Labute approximate surface area is 123 Å². The zero-order valence-corrected chi connectivity index (χ0v) is 12.2. The zero-order chi connectivity index (χ0) is 15.2. The molecular weight excluding hydrogens is 274 g/mol. The van der Waals surface area contributed by atoms with Gasteiger partial charge in [0, 0.05) is 6.07 Å². The van der Waals surface area contributed by atoms with E-state index in [9.17, 15) is 9.59 Å². The Morgan fingerprint density at radius 2 is 2.29 bits per heavy atom. The predicted octanol–water partition coefficient (Wildman–Crippen LogP) is 2.13. The summed E-state index contributed by atoms with van der Waals surface area (Å²) in [6.45, 7) is 4.06. The Morgan fingerprint density at radius 1 is 1.48 bits per heavy atom. The average molecular weight is 293 g/mol. The number of nitrogens with one attached hydrogen (secondary N) is 1. The number of carbonyl (C=O) groups is 2. The van der Waals surface area contributed by atoms with E-state index in [1.54, 1.807) is 25.1 Å². The van der Waals surface area contributed by atoms with Crippen LogP contribution in [0.1, 0.15) is 26.7 Å². The van der Waals surface area contributed by atoms with Crippen LogP contribution in [0.4, 0.5) is 5.69 Å². The molecule has 1 N–H and O–H groups in total. The first kappa shape index (κ1) is 15.2. The Morgan fingerprint density at radius 3 is 3.05 bits per heavy atom. The number of carbonyl (C=O) groups excluding carboxylic acids is 2. The lowest BCUT2D eigenvalue weighted by molar-refractivity contribution is -0.151. The molecule has 0 radical (unpaired) electrons. The molecule has 21 heavy (non-hydrogen) atoms. The second-order valence-electron chi connectivity index (χ2n) is 4.78. The normalized spacial score (nSPS) is 14.5. The van der Waals surface area contributed by atoms with E-state index >= 15 is 0 Å². The number of esters is 1. The maximum atomic E-state index is 11.7. The molecule has 1 atom stereocenters. The maximum absolute atomic E-state index is 11.7. The Balaban J connectivity index is 1.95. The van der Waals surface area contributed by atoms with Crippen LogP contribution in [0.3, 0.4) is 0 Å². The second kappa shape index (κ2) is 6.97. The molecule has 0 bridgehead atoms. The highest BCUT2D eigenvalue weighted by Crippen LogP contribution is 2.31. The van der Waals surface area contributed by atoms with Crippen LogP contribution in [-0.4, -0.2) is 31.2 Å². The van der Waals surface area contributed by atoms with E-state index in [4.69, 9.17) is 14.2 Å². The van der Waals surface area contributed by atoms with Crippen molar-refractivity contribution in [3.8, 4) is 11.5 Å². The van der Waals surface area contributed by atoms with Crippen LogP contribution < -0.4 is 14.8 Å². The minimum atomic E-state index is -0.708. The molecule has 6 nitrogen and oxygen atoms in total. The van der Waals surface area contributed by atoms with Crippen molar-refractivity contribution in [3.63, 3.8) is 0 Å². The van der Waals surface area contributed by atoms with Gasteiger partial charge in [0.2, 0.25) is 0 Å². The molecule has 0 aromatic heterocycles. The van der Waals surface area contributed by atoms with Crippen LogP contribution in [-0.2, 0) is 14.3 Å². The minimum Gasteiger partial charge on any atom is -0.482 e. The number of fused-ring (bicyclic) bond motifs is 1.